The lowest BCUT2D eigenvalue weighted by atomic mass is 10.1. The summed E-state index contributed by atoms with van der Waals surface area (Å²) in [5.74, 6) is 1.27. The minimum Gasteiger partial charge on any atom is -0.366 e. The molecule has 8 nitrogen and oxygen atoms in total. The van der Waals surface area contributed by atoms with Crippen molar-refractivity contribution < 1.29 is 8.42 Å². The van der Waals surface area contributed by atoms with Crippen LogP contribution >= 0.6 is 0 Å². The van der Waals surface area contributed by atoms with Crippen molar-refractivity contribution in [2.75, 3.05) is 17.2 Å². The van der Waals surface area contributed by atoms with E-state index in [0.717, 1.165) is 22.6 Å². The van der Waals surface area contributed by atoms with E-state index in [1.54, 1.807) is 24.5 Å². The van der Waals surface area contributed by atoms with Gasteiger partial charge in [0.05, 0.1) is 4.90 Å². The first-order chi connectivity index (χ1) is 13.4. The van der Waals surface area contributed by atoms with Crippen LogP contribution in [-0.4, -0.2) is 29.9 Å². The smallest absolute Gasteiger partial charge is 0.238 e. The van der Waals surface area contributed by atoms with Crippen LogP contribution in [0.4, 0.5) is 11.8 Å². The Morgan fingerprint density at radius 3 is 2.50 bits per heavy atom. The number of primary sulfonamides is 1. The third kappa shape index (κ3) is 5.73. The lowest BCUT2D eigenvalue weighted by molar-refractivity contribution is 0.598. The normalized spacial score (nSPS) is 11.2. The van der Waals surface area contributed by atoms with Gasteiger partial charge in [-0.15, -0.1) is 0 Å². The van der Waals surface area contributed by atoms with Crippen LogP contribution in [0.5, 0.6) is 0 Å². The second-order valence-corrected chi connectivity index (χ2v) is 7.86. The van der Waals surface area contributed by atoms with Gasteiger partial charge >= 0.3 is 0 Å². The van der Waals surface area contributed by atoms with Crippen molar-refractivity contribution >= 4 is 21.8 Å². The summed E-state index contributed by atoms with van der Waals surface area (Å²) in [6.45, 7) is 3.15. The Hall–Kier alpha value is -3.04. The average molecular weight is 398 g/mol. The van der Waals surface area contributed by atoms with Gasteiger partial charge in [0.1, 0.15) is 5.82 Å². The minimum absolute atomic E-state index is 0.107. The van der Waals surface area contributed by atoms with Crippen molar-refractivity contribution in [3.63, 3.8) is 0 Å². The SMILES string of the molecule is Cc1cc(NCc2cccnc2)nc(NCCc2ccc(S(N)(=O)=O)cc2)n1. The number of aryl methyl sites for hydroxylation is 1. The molecule has 2 heterocycles. The quantitative estimate of drug-likeness (QED) is 0.531. The molecule has 28 heavy (non-hydrogen) atoms. The van der Waals surface area contributed by atoms with Crippen molar-refractivity contribution in [3.8, 4) is 0 Å². The van der Waals surface area contributed by atoms with Crippen molar-refractivity contribution in [1.29, 1.82) is 0 Å². The Balaban J connectivity index is 1.56. The Labute approximate surface area is 164 Å². The number of anilines is 2. The van der Waals surface area contributed by atoms with E-state index in [4.69, 9.17) is 5.14 Å². The Bertz CT molecular complexity index is 1020. The predicted octanol–water partition coefficient (Wildman–Crippen LogP) is 2.09. The number of nitrogens with zero attached hydrogens (tertiary/aromatic N) is 3. The van der Waals surface area contributed by atoms with Crippen molar-refractivity contribution in [2.45, 2.75) is 24.8 Å². The molecule has 0 aliphatic rings. The zero-order chi connectivity index (χ0) is 20.0. The van der Waals surface area contributed by atoms with Gasteiger partial charge in [0.25, 0.3) is 0 Å². The maximum Gasteiger partial charge on any atom is 0.238 e. The van der Waals surface area contributed by atoms with Crippen LogP contribution in [0, 0.1) is 6.92 Å². The summed E-state index contributed by atoms with van der Waals surface area (Å²) in [4.78, 5) is 13.1. The van der Waals surface area contributed by atoms with E-state index in [0.29, 0.717) is 25.5 Å². The van der Waals surface area contributed by atoms with Crippen LogP contribution in [0.3, 0.4) is 0 Å². The zero-order valence-electron chi connectivity index (χ0n) is 15.5. The molecule has 1 aromatic carbocycles. The molecule has 0 unspecified atom stereocenters. The molecule has 0 spiro atoms. The number of hydrogen-bond acceptors (Lipinski definition) is 7. The van der Waals surface area contributed by atoms with Gasteiger partial charge in [-0.2, -0.15) is 4.98 Å². The van der Waals surface area contributed by atoms with E-state index in [-0.39, 0.29) is 4.90 Å². The molecular weight excluding hydrogens is 376 g/mol. The van der Waals surface area contributed by atoms with Crippen LogP contribution in [0.15, 0.2) is 59.8 Å². The number of benzene rings is 1. The summed E-state index contributed by atoms with van der Waals surface area (Å²) in [6.07, 6.45) is 4.24. The Morgan fingerprint density at radius 1 is 1.04 bits per heavy atom. The number of aromatic nitrogens is 3. The molecule has 4 N–H and O–H groups in total. The monoisotopic (exact) mass is 398 g/mol. The molecule has 0 bridgehead atoms. The molecule has 3 rings (SSSR count). The predicted molar refractivity (Wildman–Crippen MR) is 108 cm³/mol. The average Bonchev–Trinajstić information content (AvgIpc) is 2.67. The molecule has 0 saturated heterocycles. The molecule has 146 valence electrons. The molecule has 0 radical (unpaired) electrons. The second-order valence-electron chi connectivity index (χ2n) is 6.30. The van der Waals surface area contributed by atoms with Crippen LogP contribution in [0.25, 0.3) is 0 Å². The van der Waals surface area contributed by atoms with Crippen molar-refractivity contribution in [1.82, 2.24) is 15.0 Å². The molecular formula is C19H22N6O2S. The highest BCUT2D eigenvalue weighted by Gasteiger charge is 2.07. The first kappa shape index (κ1) is 19.7. The number of nitrogens with two attached hydrogens (primary N) is 1. The molecule has 2 aromatic heterocycles. The van der Waals surface area contributed by atoms with Gasteiger partial charge in [0.15, 0.2) is 0 Å². The van der Waals surface area contributed by atoms with Crippen LogP contribution < -0.4 is 15.8 Å². The third-order valence-electron chi connectivity index (χ3n) is 4.00. The fraction of sp³-hybridized carbons (Fsp3) is 0.211. The summed E-state index contributed by atoms with van der Waals surface area (Å²) in [5.41, 5.74) is 2.90. The molecule has 0 aliphatic carbocycles. The van der Waals surface area contributed by atoms with Gasteiger partial charge in [0, 0.05) is 37.2 Å². The van der Waals surface area contributed by atoms with E-state index in [1.807, 2.05) is 25.1 Å². The van der Waals surface area contributed by atoms with Crippen LogP contribution in [0.1, 0.15) is 16.8 Å². The number of pyridine rings is 1. The highest BCUT2D eigenvalue weighted by atomic mass is 32.2. The lowest BCUT2D eigenvalue weighted by Gasteiger charge is -2.10. The molecule has 0 aliphatic heterocycles. The standard InChI is InChI=1S/C19H22N6O2S/c1-14-11-18(23-13-16-3-2-9-21-12-16)25-19(24-14)22-10-8-15-4-6-17(7-5-15)28(20,26)27/h2-7,9,11-12H,8,10,13H2,1H3,(H2,20,26,27)(H2,22,23,24,25). The summed E-state index contributed by atoms with van der Waals surface area (Å²) >= 11 is 0. The lowest BCUT2D eigenvalue weighted by Crippen LogP contribution is -2.12. The summed E-state index contributed by atoms with van der Waals surface area (Å²) in [7, 11) is -3.66. The Kier molecular flexibility index (Phi) is 6.17. The zero-order valence-corrected chi connectivity index (χ0v) is 16.3. The van der Waals surface area contributed by atoms with Gasteiger partial charge in [-0.25, -0.2) is 18.5 Å². The highest BCUT2D eigenvalue weighted by Crippen LogP contribution is 2.12. The fourth-order valence-corrected chi connectivity index (χ4v) is 3.11. The molecule has 0 atom stereocenters. The molecule has 0 fully saturated rings. The maximum absolute atomic E-state index is 11.3. The molecule has 9 heteroatoms. The van der Waals surface area contributed by atoms with Gasteiger partial charge < -0.3 is 10.6 Å². The fourth-order valence-electron chi connectivity index (χ4n) is 2.60. The number of sulfonamides is 1. The highest BCUT2D eigenvalue weighted by molar-refractivity contribution is 7.89. The van der Waals surface area contributed by atoms with E-state index >= 15 is 0 Å². The van der Waals surface area contributed by atoms with E-state index in [2.05, 4.69) is 25.6 Å². The van der Waals surface area contributed by atoms with Crippen LogP contribution in [-0.2, 0) is 23.0 Å². The maximum atomic E-state index is 11.3. The van der Waals surface area contributed by atoms with Gasteiger partial charge in [-0.3, -0.25) is 4.98 Å². The minimum atomic E-state index is -3.66. The van der Waals surface area contributed by atoms with Gasteiger partial charge in [-0.05, 0) is 42.7 Å². The first-order valence-corrected chi connectivity index (χ1v) is 10.3. The molecule has 0 saturated carbocycles. The van der Waals surface area contributed by atoms with E-state index in [9.17, 15) is 8.42 Å². The first-order valence-electron chi connectivity index (χ1n) is 8.74. The van der Waals surface area contributed by atoms with E-state index in [1.165, 1.54) is 12.1 Å². The summed E-state index contributed by atoms with van der Waals surface area (Å²) in [6, 6.07) is 12.3. The summed E-state index contributed by atoms with van der Waals surface area (Å²) < 4.78 is 22.6. The summed E-state index contributed by atoms with van der Waals surface area (Å²) in [5, 5.41) is 11.6. The largest absolute Gasteiger partial charge is 0.366 e. The number of rotatable bonds is 8. The van der Waals surface area contributed by atoms with Crippen molar-refractivity contribution in [2.24, 2.45) is 5.14 Å². The molecule has 0 amide bonds. The number of hydrogen-bond donors (Lipinski definition) is 3. The molecule has 3 aromatic rings. The third-order valence-corrected chi connectivity index (χ3v) is 4.93. The van der Waals surface area contributed by atoms with Gasteiger partial charge in [-0.1, -0.05) is 18.2 Å². The second kappa shape index (κ2) is 8.77. The van der Waals surface area contributed by atoms with Crippen LogP contribution in [0.2, 0.25) is 0 Å². The van der Waals surface area contributed by atoms with Crippen molar-refractivity contribution in [3.05, 3.63) is 71.7 Å². The van der Waals surface area contributed by atoms with E-state index < -0.39 is 10.0 Å². The topological polar surface area (TPSA) is 123 Å². The Morgan fingerprint density at radius 2 is 1.82 bits per heavy atom. The number of nitrogens with one attached hydrogen (secondary N) is 2. The van der Waals surface area contributed by atoms with Gasteiger partial charge in [0.2, 0.25) is 16.0 Å².